The van der Waals surface area contributed by atoms with E-state index in [1.54, 1.807) is 24.4 Å². The molecule has 0 bridgehead atoms. The first kappa shape index (κ1) is 22.8. The molecule has 1 aromatic carbocycles. The molecule has 0 aliphatic heterocycles. The molecule has 0 aliphatic rings. The van der Waals surface area contributed by atoms with Crippen molar-refractivity contribution in [1.82, 2.24) is 29.9 Å². The number of nitrogens with zero attached hydrogens (tertiary/aromatic N) is 4. The highest BCUT2D eigenvalue weighted by Gasteiger charge is 2.26. The molecule has 4 rings (SSSR count). The number of sulfonamides is 1. The summed E-state index contributed by atoms with van der Waals surface area (Å²) >= 11 is 1.42. The summed E-state index contributed by atoms with van der Waals surface area (Å²) in [6, 6.07) is 7.78. The van der Waals surface area contributed by atoms with Gasteiger partial charge >= 0.3 is 5.97 Å². The number of nitrogens with one attached hydrogen (secondary N) is 2. The number of carboxylic acid groups (broad SMARTS) is 1. The number of aromatic amines is 1. The molecule has 0 aliphatic carbocycles. The van der Waals surface area contributed by atoms with E-state index >= 15 is 0 Å². The largest absolute Gasteiger partial charge is 0.480 e. The van der Waals surface area contributed by atoms with E-state index in [-0.39, 0.29) is 11.3 Å². The molecule has 0 saturated heterocycles. The summed E-state index contributed by atoms with van der Waals surface area (Å²) in [5, 5.41) is 17.8. The highest BCUT2D eigenvalue weighted by molar-refractivity contribution is 7.98. The van der Waals surface area contributed by atoms with Gasteiger partial charge < -0.3 is 5.11 Å². The Kier molecular flexibility index (Phi) is 6.62. The Labute approximate surface area is 191 Å². The predicted molar refractivity (Wildman–Crippen MR) is 117 cm³/mol. The number of carboxylic acids is 1. The van der Waals surface area contributed by atoms with Crippen LogP contribution in [0.2, 0.25) is 0 Å². The molecule has 33 heavy (non-hydrogen) atoms. The third kappa shape index (κ3) is 5.50. The molecule has 3 N–H and O–H groups in total. The Morgan fingerprint density at radius 3 is 2.67 bits per heavy atom. The van der Waals surface area contributed by atoms with Crippen molar-refractivity contribution in [3.8, 4) is 0 Å². The third-order valence-electron chi connectivity index (χ3n) is 4.57. The van der Waals surface area contributed by atoms with E-state index in [9.17, 15) is 22.7 Å². The molecule has 0 spiro atoms. The van der Waals surface area contributed by atoms with Crippen LogP contribution in [0.5, 0.6) is 0 Å². The van der Waals surface area contributed by atoms with Gasteiger partial charge in [0.15, 0.2) is 5.65 Å². The molecule has 3 heterocycles. The number of hydrogen-bond donors (Lipinski definition) is 3. The normalized spacial score (nSPS) is 12.6. The molecule has 3 aromatic heterocycles. The summed E-state index contributed by atoms with van der Waals surface area (Å²) in [4.78, 5) is 24.3. The minimum absolute atomic E-state index is 0.173. The van der Waals surface area contributed by atoms with Crippen molar-refractivity contribution in [2.24, 2.45) is 0 Å². The van der Waals surface area contributed by atoms with Crippen LogP contribution in [0.1, 0.15) is 11.4 Å². The highest BCUT2D eigenvalue weighted by atomic mass is 32.2. The second kappa shape index (κ2) is 9.60. The molecule has 170 valence electrons. The zero-order chi connectivity index (χ0) is 23.4. The van der Waals surface area contributed by atoms with E-state index in [4.69, 9.17) is 0 Å². The molecule has 0 radical (unpaired) electrons. The minimum atomic E-state index is -4.17. The Morgan fingerprint density at radius 1 is 1.15 bits per heavy atom. The predicted octanol–water partition coefficient (Wildman–Crippen LogP) is 2.15. The summed E-state index contributed by atoms with van der Waals surface area (Å²) in [7, 11) is -4.17. The van der Waals surface area contributed by atoms with Crippen LogP contribution in [0.15, 0.2) is 64.9 Å². The van der Waals surface area contributed by atoms with Gasteiger partial charge in [0, 0.05) is 17.9 Å². The standard InChI is InChI=1S/C20H17FN6O4S2/c21-12-4-6-15(7-5-12)33(30,31)27-17(20(28)29)8-13-2-1-3-14(25-13)10-32-19-16-9-24-26-18(16)22-11-23-19/h1-7,9,11,17,27H,8,10H2,(H,28,29)(H,22,23,24,26). The zero-order valence-corrected chi connectivity index (χ0v) is 18.5. The van der Waals surface area contributed by atoms with Crippen LogP contribution in [0.4, 0.5) is 4.39 Å². The van der Waals surface area contributed by atoms with Crippen molar-refractivity contribution < 1.29 is 22.7 Å². The van der Waals surface area contributed by atoms with Crippen molar-refractivity contribution in [1.29, 1.82) is 0 Å². The van der Waals surface area contributed by atoms with Crippen LogP contribution in [-0.4, -0.2) is 50.7 Å². The first-order valence-corrected chi connectivity index (χ1v) is 12.0. The molecule has 0 amide bonds. The van der Waals surface area contributed by atoms with E-state index in [2.05, 4.69) is 29.9 Å². The van der Waals surface area contributed by atoms with Gasteiger partial charge in [-0.05, 0) is 36.4 Å². The Hall–Kier alpha value is -3.42. The number of hydrogen-bond acceptors (Lipinski definition) is 8. The number of thioether (sulfide) groups is 1. The van der Waals surface area contributed by atoms with Crippen molar-refractivity contribution in [3.63, 3.8) is 0 Å². The number of aromatic nitrogens is 5. The van der Waals surface area contributed by atoms with Crippen LogP contribution >= 0.6 is 11.8 Å². The lowest BCUT2D eigenvalue weighted by Gasteiger charge is -2.15. The lowest BCUT2D eigenvalue weighted by molar-refractivity contribution is -0.138. The van der Waals surface area contributed by atoms with E-state index in [1.807, 2.05) is 0 Å². The van der Waals surface area contributed by atoms with Gasteiger partial charge in [0.1, 0.15) is 23.2 Å². The topological polar surface area (TPSA) is 151 Å². The molecule has 0 saturated carbocycles. The quantitative estimate of drug-likeness (QED) is 0.238. The molecule has 10 nitrogen and oxygen atoms in total. The highest BCUT2D eigenvalue weighted by Crippen LogP contribution is 2.25. The van der Waals surface area contributed by atoms with E-state index in [0.29, 0.717) is 22.8 Å². The number of fused-ring (bicyclic) bond motifs is 1. The van der Waals surface area contributed by atoms with Gasteiger partial charge in [0.05, 0.1) is 22.2 Å². The van der Waals surface area contributed by atoms with Gasteiger partial charge in [-0.25, -0.2) is 22.8 Å². The maximum atomic E-state index is 13.1. The van der Waals surface area contributed by atoms with Gasteiger partial charge in [-0.3, -0.25) is 14.9 Å². The van der Waals surface area contributed by atoms with Crippen LogP contribution in [0.3, 0.4) is 0 Å². The molecule has 4 aromatic rings. The van der Waals surface area contributed by atoms with Crippen LogP contribution in [0.25, 0.3) is 11.0 Å². The van der Waals surface area contributed by atoms with E-state index in [1.165, 1.54) is 18.1 Å². The molecule has 13 heteroatoms. The summed E-state index contributed by atoms with van der Waals surface area (Å²) < 4.78 is 40.3. The fraction of sp³-hybridized carbons (Fsp3) is 0.150. The maximum absolute atomic E-state index is 13.1. The number of carbonyl (C=O) groups is 1. The molecular formula is C20H17FN6O4S2. The Balaban J connectivity index is 1.47. The second-order valence-corrected chi connectivity index (χ2v) is 9.57. The number of H-pyrrole nitrogens is 1. The van der Waals surface area contributed by atoms with Crippen LogP contribution < -0.4 is 4.72 Å². The summed E-state index contributed by atoms with van der Waals surface area (Å²) in [6.07, 6.45) is 2.89. The summed E-state index contributed by atoms with van der Waals surface area (Å²) in [6.45, 7) is 0. The number of rotatable bonds is 9. The summed E-state index contributed by atoms with van der Waals surface area (Å²) in [5.74, 6) is -1.51. The lowest BCUT2D eigenvalue weighted by atomic mass is 10.1. The SMILES string of the molecule is O=C(O)C(Cc1cccc(CSc2ncnc3[nH]ncc23)n1)NS(=O)(=O)c1ccc(F)cc1. The first-order chi connectivity index (χ1) is 15.8. The van der Waals surface area contributed by atoms with Crippen molar-refractivity contribution in [2.45, 2.75) is 28.1 Å². The van der Waals surface area contributed by atoms with Crippen LogP contribution in [0, 0.1) is 5.82 Å². The second-order valence-electron chi connectivity index (χ2n) is 6.89. The average Bonchev–Trinajstić information content (AvgIpc) is 3.27. The molecule has 1 unspecified atom stereocenters. The number of benzene rings is 1. The maximum Gasteiger partial charge on any atom is 0.322 e. The Morgan fingerprint density at radius 2 is 1.91 bits per heavy atom. The van der Waals surface area contributed by atoms with Gasteiger partial charge in [-0.1, -0.05) is 17.8 Å². The monoisotopic (exact) mass is 488 g/mol. The number of pyridine rings is 1. The third-order valence-corrected chi connectivity index (χ3v) is 7.09. The summed E-state index contributed by atoms with van der Waals surface area (Å²) in [5.41, 5.74) is 1.68. The number of aliphatic carboxylic acids is 1. The zero-order valence-electron chi connectivity index (χ0n) is 16.8. The van der Waals surface area contributed by atoms with Crippen molar-refractivity contribution >= 4 is 38.8 Å². The number of halogens is 1. The van der Waals surface area contributed by atoms with Gasteiger partial charge in [-0.2, -0.15) is 9.82 Å². The fourth-order valence-corrected chi connectivity index (χ4v) is 5.04. The van der Waals surface area contributed by atoms with Gasteiger partial charge in [0.25, 0.3) is 0 Å². The Bertz CT molecular complexity index is 1400. The first-order valence-electron chi connectivity index (χ1n) is 9.54. The smallest absolute Gasteiger partial charge is 0.322 e. The van der Waals surface area contributed by atoms with Crippen molar-refractivity contribution in [3.05, 3.63) is 72.2 Å². The molecule has 0 fully saturated rings. The fourth-order valence-electron chi connectivity index (χ4n) is 2.98. The van der Waals surface area contributed by atoms with Crippen molar-refractivity contribution in [2.75, 3.05) is 0 Å². The average molecular weight is 489 g/mol. The van der Waals surface area contributed by atoms with Gasteiger partial charge in [0.2, 0.25) is 10.0 Å². The van der Waals surface area contributed by atoms with E-state index in [0.717, 1.165) is 34.7 Å². The lowest BCUT2D eigenvalue weighted by Crippen LogP contribution is -2.42. The van der Waals surface area contributed by atoms with Crippen LogP contribution in [-0.2, 0) is 27.0 Å². The molecule has 1 atom stereocenters. The molecular weight excluding hydrogens is 471 g/mol. The minimum Gasteiger partial charge on any atom is -0.480 e. The van der Waals surface area contributed by atoms with E-state index < -0.39 is 27.9 Å². The van der Waals surface area contributed by atoms with Gasteiger partial charge in [-0.15, -0.1) is 0 Å².